The van der Waals surface area contributed by atoms with Crippen molar-refractivity contribution in [3.05, 3.63) is 35.6 Å². The van der Waals surface area contributed by atoms with Crippen LogP contribution in [0.1, 0.15) is 38.2 Å². The summed E-state index contributed by atoms with van der Waals surface area (Å²) < 4.78 is 13.0. The van der Waals surface area contributed by atoms with E-state index in [0.29, 0.717) is 19.4 Å². The number of nitrogens with one attached hydrogen (secondary N) is 2. The van der Waals surface area contributed by atoms with E-state index in [1.165, 1.54) is 19.1 Å². The summed E-state index contributed by atoms with van der Waals surface area (Å²) in [5.41, 5.74) is 0.824. The van der Waals surface area contributed by atoms with Gasteiger partial charge in [0.05, 0.1) is 0 Å². The van der Waals surface area contributed by atoms with Crippen LogP contribution in [0.5, 0.6) is 0 Å². The molecule has 5 nitrogen and oxygen atoms in total. The number of amides is 2. The number of carbonyl (C=O) groups excluding carboxylic acids is 2. The number of piperidine rings is 1. The van der Waals surface area contributed by atoms with E-state index in [0.717, 1.165) is 37.9 Å². The van der Waals surface area contributed by atoms with Gasteiger partial charge < -0.3 is 15.5 Å². The second kappa shape index (κ2) is 7.52. The number of aryl methyl sites for hydroxylation is 1. The maximum atomic E-state index is 13.0. The van der Waals surface area contributed by atoms with Crippen molar-refractivity contribution in [3.63, 3.8) is 0 Å². The van der Waals surface area contributed by atoms with Gasteiger partial charge >= 0.3 is 0 Å². The van der Waals surface area contributed by atoms with Gasteiger partial charge in [-0.1, -0.05) is 12.1 Å². The van der Waals surface area contributed by atoms with Crippen LogP contribution >= 0.6 is 0 Å². The molecule has 1 aromatic carbocycles. The van der Waals surface area contributed by atoms with E-state index in [9.17, 15) is 14.0 Å². The van der Waals surface area contributed by atoms with E-state index in [1.54, 1.807) is 12.1 Å². The average Bonchev–Trinajstić information content (AvgIpc) is 2.91. The summed E-state index contributed by atoms with van der Waals surface area (Å²) >= 11 is 0. The molecule has 1 unspecified atom stereocenters. The fraction of sp³-hybridized carbons (Fsp3) is 0.579. The Hall–Kier alpha value is -1.95. The summed E-state index contributed by atoms with van der Waals surface area (Å²) in [6.07, 6.45) is 3.69. The number of halogens is 1. The van der Waals surface area contributed by atoms with Crippen LogP contribution in [0.15, 0.2) is 24.3 Å². The highest BCUT2D eigenvalue weighted by atomic mass is 19.1. The zero-order valence-corrected chi connectivity index (χ0v) is 14.7. The third-order valence-corrected chi connectivity index (χ3v) is 5.39. The van der Waals surface area contributed by atoms with Crippen molar-refractivity contribution < 1.29 is 14.0 Å². The number of likely N-dealkylation sites (tertiary alicyclic amines) is 1. The highest BCUT2D eigenvalue weighted by molar-refractivity contribution is 5.78. The van der Waals surface area contributed by atoms with E-state index in [4.69, 9.17) is 0 Å². The minimum absolute atomic E-state index is 0.0328. The molecule has 2 aliphatic rings. The van der Waals surface area contributed by atoms with Crippen molar-refractivity contribution in [2.75, 3.05) is 19.6 Å². The highest BCUT2D eigenvalue weighted by Crippen LogP contribution is 2.37. The number of rotatable bonds is 4. The van der Waals surface area contributed by atoms with Gasteiger partial charge in [-0.05, 0) is 56.5 Å². The predicted molar refractivity (Wildman–Crippen MR) is 93.5 cm³/mol. The monoisotopic (exact) mass is 347 g/mol. The molecule has 0 saturated carbocycles. The van der Waals surface area contributed by atoms with E-state index < -0.39 is 0 Å². The van der Waals surface area contributed by atoms with E-state index in [2.05, 4.69) is 10.6 Å². The SMILES string of the molecule is CC(=O)NC1CN(C(=O)CCc2ccc(F)cc2)C2(CCNCC2)C1. The van der Waals surface area contributed by atoms with Crippen molar-refractivity contribution in [2.24, 2.45) is 0 Å². The molecule has 136 valence electrons. The zero-order chi connectivity index (χ0) is 17.9. The number of carbonyl (C=O) groups is 2. The number of hydrogen-bond acceptors (Lipinski definition) is 3. The van der Waals surface area contributed by atoms with Crippen molar-refractivity contribution in [2.45, 2.75) is 50.6 Å². The molecule has 2 saturated heterocycles. The Bertz CT molecular complexity index is 626. The molecule has 0 radical (unpaired) electrons. The highest BCUT2D eigenvalue weighted by Gasteiger charge is 2.48. The fourth-order valence-corrected chi connectivity index (χ4v) is 4.20. The number of nitrogens with zero attached hydrogens (tertiary/aromatic N) is 1. The van der Waals surface area contributed by atoms with Gasteiger partial charge in [-0.2, -0.15) is 0 Å². The van der Waals surface area contributed by atoms with Gasteiger partial charge in [0.15, 0.2) is 0 Å². The second-order valence-corrected chi connectivity index (χ2v) is 7.21. The van der Waals surface area contributed by atoms with Crippen LogP contribution in [0.3, 0.4) is 0 Å². The zero-order valence-electron chi connectivity index (χ0n) is 14.7. The molecular formula is C19H26FN3O2. The molecule has 0 aromatic heterocycles. The first kappa shape index (κ1) is 17.9. The maximum Gasteiger partial charge on any atom is 0.223 e. The first-order valence-electron chi connectivity index (χ1n) is 9.01. The molecule has 25 heavy (non-hydrogen) atoms. The number of benzene rings is 1. The average molecular weight is 347 g/mol. The Morgan fingerprint density at radius 2 is 1.96 bits per heavy atom. The Balaban J connectivity index is 1.67. The molecular weight excluding hydrogens is 321 g/mol. The lowest BCUT2D eigenvalue weighted by Gasteiger charge is -2.41. The van der Waals surface area contributed by atoms with Crippen LogP contribution in [0.25, 0.3) is 0 Å². The Labute approximate surface area is 148 Å². The topological polar surface area (TPSA) is 61.4 Å². The molecule has 6 heteroatoms. The van der Waals surface area contributed by atoms with E-state index in [-0.39, 0.29) is 29.2 Å². The molecule has 1 aromatic rings. The molecule has 1 spiro atoms. The summed E-state index contributed by atoms with van der Waals surface area (Å²) in [6.45, 7) is 3.90. The normalized spacial score (nSPS) is 22.2. The van der Waals surface area contributed by atoms with Gasteiger partial charge in [0.1, 0.15) is 5.82 Å². The molecule has 2 amide bonds. The summed E-state index contributed by atoms with van der Waals surface area (Å²) in [7, 11) is 0. The van der Waals surface area contributed by atoms with Crippen molar-refractivity contribution in [1.82, 2.24) is 15.5 Å². The van der Waals surface area contributed by atoms with Gasteiger partial charge in [-0.15, -0.1) is 0 Å². The molecule has 2 N–H and O–H groups in total. The third kappa shape index (κ3) is 4.18. The van der Waals surface area contributed by atoms with Crippen LogP contribution in [-0.4, -0.2) is 47.9 Å². The maximum absolute atomic E-state index is 13.0. The summed E-state index contributed by atoms with van der Waals surface area (Å²) in [5.74, 6) is -0.185. The first-order valence-corrected chi connectivity index (χ1v) is 9.01. The lowest BCUT2D eigenvalue weighted by atomic mass is 9.84. The molecule has 0 bridgehead atoms. The molecule has 1 atom stereocenters. The first-order chi connectivity index (χ1) is 12.0. The number of hydrogen-bond donors (Lipinski definition) is 2. The van der Waals surface area contributed by atoms with E-state index >= 15 is 0 Å². The molecule has 2 heterocycles. The standard InChI is InChI=1S/C19H26FN3O2/c1-14(24)22-17-12-19(8-10-21-11-9-19)23(13-17)18(25)7-4-15-2-5-16(20)6-3-15/h2-3,5-6,17,21H,4,7-13H2,1H3,(H,22,24). The van der Waals surface area contributed by atoms with Gasteiger partial charge in [0.25, 0.3) is 0 Å². The van der Waals surface area contributed by atoms with Crippen LogP contribution in [0.4, 0.5) is 4.39 Å². The minimum atomic E-state index is -0.263. The fourth-order valence-electron chi connectivity index (χ4n) is 4.20. The summed E-state index contributed by atoms with van der Waals surface area (Å²) in [6, 6.07) is 6.35. The largest absolute Gasteiger partial charge is 0.352 e. The lowest BCUT2D eigenvalue weighted by molar-refractivity contribution is -0.136. The van der Waals surface area contributed by atoms with Gasteiger partial charge in [-0.3, -0.25) is 9.59 Å². The third-order valence-electron chi connectivity index (χ3n) is 5.39. The van der Waals surface area contributed by atoms with Crippen molar-refractivity contribution >= 4 is 11.8 Å². The molecule has 2 fully saturated rings. The lowest BCUT2D eigenvalue weighted by Crippen LogP contribution is -2.53. The molecule has 2 aliphatic heterocycles. The summed E-state index contributed by atoms with van der Waals surface area (Å²) in [5, 5.41) is 6.34. The van der Waals surface area contributed by atoms with Gasteiger partial charge in [-0.25, -0.2) is 4.39 Å². The molecule has 3 rings (SSSR count). The van der Waals surface area contributed by atoms with Crippen LogP contribution in [0, 0.1) is 5.82 Å². The van der Waals surface area contributed by atoms with Gasteiger partial charge in [0, 0.05) is 31.5 Å². The molecule has 0 aliphatic carbocycles. The quantitative estimate of drug-likeness (QED) is 0.870. The van der Waals surface area contributed by atoms with Crippen molar-refractivity contribution in [1.29, 1.82) is 0 Å². The smallest absolute Gasteiger partial charge is 0.223 e. The summed E-state index contributed by atoms with van der Waals surface area (Å²) in [4.78, 5) is 26.3. The Morgan fingerprint density at radius 3 is 2.60 bits per heavy atom. The predicted octanol–water partition coefficient (Wildman–Crippen LogP) is 1.62. The van der Waals surface area contributed by atoms with Crippen LogP contribution in [-0.2, 0) is 16.0 Å². The van der Waals surface area contributed by atoms with Crippen LogP contribution < -0.4 is 10.6 Å². The minimum Gasteiger partial charge on any atom is -0.352 e. The van der Waals surface area contributed by atoms with Gasteiger partial charge in [0.2, 0.25) is 11.8 Å². The Kier molecular flexibility index (Phi) is 5.37. The van der Waals surface area contributed by atoms with E-state index in [1.807, 2.05) is 4.90 Å². The van der Waals surface area contributed by atoms with Crippen LogP contribution in [0.2, 0.25) is 0 Å². The van der Waals surface area contributed by atoms with Crippen molar-refractivity contribution in [3.8, 4) is 0 Å². The second-order valence-electron chi connectivity index (χ2n) is 7.21. The Morgan fingerprint density at radius 1 is 1.28 bits per heavy atom.